The first kappa shape index (κ1) is 16.2. The average molecular weight is 387 g/mol. The Morgan fingerprint density at radius 3 is 2.86 bits per heavy atom. The van der Waals surface area contributed by atoms with Gasteiger partial charge in [-0.1, -0.05) is 47.4 Å². The minimum absolute atomic E-state index is 0.0327. The standard InChI is InChI=1S/C16H21BrClN3O/c1-8(2)14-13(17)15(21-20-14)16(22)19-12-6-3-9-7-10(18)4-5-11(9)12/h4-5,7-8,12-15,20-21H,3,6H2,1-2H3,(H,19,22). The second-order valence-corrected chi connectivity index (χ2v) is 7.92. The number of alkyl halides is 1. The molecule has 1 aliphatic heterocycles. The molecule has 0 radical (unpaired) electrons. The van der Waals surface area contributed by atoms with Crippen molar-refractivity contribution in [1.29, 1.82) is 0 Å². The lowest BCUT2D eigenvalue weighted by Gasteiger charge is -2.21. The Bertz CT molecular complexity index is 581. The smallest absolute Gasteiger partial charge is 0.240 e. The lowest BCUT2D eigenvalue weighted by atomic mass is 9.99. The maximum absolute atomic E-state index is 12.6. The summed E-state index contributed by atoms with van der Waals surface area (Å²) in [4.78, 5) is 12.7. The number of halogens is 2. The summed E-state index contributed by atoms with van der Waals surface area (Å²) in [6.45, 7) is 4.29. The molecule has 1 fully saturated rings. The third-order valence-electron chi connectivity index (χ3n) is 4.57. The minimum atomic E-state index is -0.260. The number of hydrazine groups is 1. The number of nitrogens with one attached hydrogen (secondary N) is 3. The molecule has 0 aromatic heterocycles. The zero-order valence-electron chi connectivity index (χ0n) is 12.7. The molecule has 1 heterocycles. The summed E-state index contributed by atoms with van der Waals surface area (Å²) in [5.74, 6) is 0.481. The quantitative estimate of drug-likeness (QED) is 0.700. The van der Waals surface area contributed by atoms with Gasteiger partial charge in [-0.25, -0.2) is 5.43 Å². The molecule has 6 heteroatoms. The highest BCUT2D eigenvalue weighted by Gasteiger charge is 2.40. The molecule has 0 saturated carbocycles. The number of aryl methyl sites for hydroxylation is 1. The van der Waals surface area contributed by atoms with E-state index in [0.29, 0.717) is 5.92 Å². The monoisotopic (exact) mass is 385 g/mol. The molecule has 1 aromatic rings. The van der Waals surface area contributed by atoms with Crippen molar-refractivity contribution in [3.63, 3.8) is 0 Å². The van der Waals surface area contributed by atoms with Gasteiger partial charge < -0.3 is 5.32 Å². The molecular formula is C16H21BrClN3O. The molecule has 3 rings (SSSR count). The average Bonchev–Trinajstić information content (AvgIpc) is 3.02. The van der Waals surface area contributed by atoms with E-state index in [-0.39, 0.29) is 28.9 Å². The van der Waals surface area contributed by atoms with E-state index < -0.39 is 0 Å². The van der Waals surface area contributed by atoms with Crippen LogP contribution in [-0.2, 0) is 11.2 Å². The highest BCUT2D eigenvalue weighted by Crippen LogP contribution is 2.33. The van der Waals surface area contributed by atoms with Crippen LogP contribution in [0, 0.1) is 5.92 Å². The topological polar surface area (TPSA) is 53.2 Å². The molecule has 1 aromatic carbocycles. The van der Waals surface area contributed by atoms with Gasteiger partial charge >= 0.3 is 0 Å². The Hall–Kier alpha value is -0.620. The van der Waals surface area contributed by atoms with Crippen molar-refractivity contribution in [2.45, 2.75) is 49.6 Å². The van der Waals surface area contributed by atoms with Gasteiger partial charge in [-0.15, -0.1) is 0 Å². The Morgan fingerprint density at radius 2 is 2.18 bits per heavy atom. The van der Waals surface area contributed by atoms with Crippen LogP contribution < -0.4 is 16.2 Å². The molecule has 1 aliphatic carbocycles. The molecule has 120 valence electrons. The minimum Gasteiger partial charge on any atom is -0.348 e. The van der Waals surface area contributed by atoms with Crippen molar-refractivity contribution in [3.05, 3.63) is 34.3 Å². The van der Waals surface area contributed by atoms with E-state index in [9.17, 15) is 4.79 Å². The Labute approximate surface area is 144 Å². The maximum Gasteiger partial charge on any atom is 0.240 e. The summed E-state index contributed by atoms with van der Waals surface area (Å²) in [6.07, 6.45) is 1.89. The first-order chi connectivity index (χ1) is 10.5. The summed E-state index contributed by atoms with van der Waals surface area (Å²) < 4.78 is 0. The SMILES string of the molecule is CC(C)C1NNC(C(=O)NC2CCc3cc(Cl)ccc32)C1Br. The molecule has 4 nitrogen and oxygen atoms in total. The van der Waals surface area contributed by atoms with Gasteiger partial charge in [-0.2, -0.15) is 0 Å². The zero-order valence-corrected chi connectivity index (χ0v) is 15.0. The molecule has 22 heavy (non-hydrogen) atoms. The van der Waals surface area contributed by atoms with Crippen molar-refractivity contribution in [3.8, 4) is 0 Å². The largest absolute Gasteiger partial charge is 0.348 e. The zero-order chi connectivity index (χ0) is 15.9. The Kier molecular flexibility index (Phi) is 4.78. The number of benzene rings is 1. The molecule has 4 unspecified atom stereocenters. The summed E-state index contributed by atoms with van der Waals surface area (Å²) in [5, 5.41) is 3.93. The van der Waals surface area contributed by atoms with E-state index in [1.54, 1.807) is 0 Å². The van der Waals surface area contributed by atoms with E-state index in [2.05, 4.69) is 45.9 Å². The number of carbonyl (C=O) groups is 1. The van der Waals surface area contributed by atoms with Gasteiger partial charge in [-0.05, 0) is 42.0 Å². The number of hydrogen-bond donors (Lipinski definition) is 3. The third-order valence-corrected chi connectivity index (χ3v) is 5.90. The second-order valence-electron chi connectivity index (χ2n) is 6.42. The van der Waals surface area contributed by atoms with Crippen LogP contribution in [-0.4, -0.2) is 22.8 Å². The lowest BCUT2D eigenvalue weighted by Crippen LogP contribution is -2.46. The summed E-state index contributed by atoms with van der Waals surface area (Å²) in [6, 6.07) is 5.98. The van der Waals surface area contributed by atoms with Crippen LogP contribution in [0.4, 0.5) is 0 Å². The molecular weight excluding hydrogens is 366 g/mol. The van der Waals surface area contributed by atoms with Gasteiger partial charge in [0.15, 0.2) is 0 Å². The Morgan fingerprint density at radius 1 is 1.41 bits per heavy atom. The van der Waals surface area contributed by atoms with Crippen molar-refractivity contribution < 1.29 is 4.79 Å². The highest BCUT2D eigenvalue weighted by atomic mass is 79.9. The second kappa shape index (κ2) is 6.48. The number of hydrogen-bond acceptors (Lipinski definition) is 3. The van der Waals surface area contributed by atoms with Gasteiger partial charge in [0, 0.05) is 11.1 Å². The van der Waals surface area contributed by atoms with Gasteiger partial charge in [0.25, 0.3) is 0 Å². The van der Waals surface area contributed by atoms with Crippen LogP contribution in [0.5, 0.6) is 0 Å². The molecule has 4 atom stereocenters. The van der Waals surface area contributed by atoms with E-state index in [0.717, 1.165) is 17.9 Å². The molecule has 0 spiro atoms. The lowest BCUT2D eigenvalue weighted by molar-refractivity contribution is -0.123. The van der Waals surface area contributed by atoms with Crippen LogP contribution in [0.3, 0.4) is 0 Å². The number of rotatable bonds is 3. The van der Waals surface area contributed by atoms with E-state index in [1.807, 2.05) is 18.2 Å². The predicted molar refractivity (Wildman–Crippen MR) is 92.1 cm³/mol. The third kappa shape index (κ3) is 3.04. The molecule has 2 aliphatic rings. The summed E-state index contributed by atoms with van der Waals surface area (Å²) >= 11 is 9.69. The fraction of sp³-hybridized carbons (Fsp3) is 0.562. The molecule has 3 N–H and O–H groups in total. The van der Waals surface area contributed by atoms with E-state index in [1.165, 1.54) is 11.1 Å². The first-order valence-electron chi connectivity index (χ1n) is 7.71. The highest BCUT2D eigenvalue weighted by molar-refractivity contribution is 9.09. The van der Waals surface area contributed by atoms with Gasteiger partial charge in [0.1, 0.15) is 6.04 Å². The number of carbonyl (C=O) groups excluding carboxylic acids is 1. The van der Waals surface area contributed by atoms with Crippen LogP contribution in [0.15, 0.2) is 18.2 Å². The van der Waals surface area contributed by atoms with Crippen LogP contribution >= 0.6 is 27.5 Å². The predicted octanol–water partition coefficient (Wildman–Crippen LogP) is 2.71. The van der Waals surface area contributed by atoms with Crippen molar-refractivity contribution in [2.24, 2.45) is 5.92 Å². The van der Waals surface area contributed by atoms with E-state index in [4.69, 9.17) is 11.6 Å². The fourth-order valence-corrected chi connectivity index (χ4v) is 4.60. The van der Waals surface area contributed by atoms with Crippen molar-refractivity contribution >= 4 is 33.4 Å². The van der Waals surface area contributed by atoms with Crippen LogP contribution in [0.1, 0.15) is 37.4 Å². The molecule has 1 saturated heterocycles. The van der Waals surface area contributed by atoms with Gasteiger partial charge in [-0.3, -0.25) is 10.2 Å². The number of amides is 1. The normalized spacial score (nSPS) is 30.6. The Balaban J connectivity index is 1.67. The fourth-order valence-electron chi connectivity index (χ4n) is 3.29. The summed E-state index contributed by atoms with van der Waals surface area (Å²) in [7, 11) is 0. The van der Waals surface area contributed by atoms with Crippen LogP contribution in [0.25, 0.3) is 0 Å². The van der Waals surface area contributed by atoms with Gasteiger partial charge in [0.05, 0.1) is 10.9 Å². The maximum atomic E-state index is 12.6. The van der Waals surface area contributed by atoms with Crippen LogP contribution in [0.2, 0.25) is 5.02 Å². The van der Waals surface area contributed by atoms with Crippen molar-refractivity contribution in [1.82, 2.24) is 16.2 Å². The number of fused-ring (bicyclic) bond motifs is 1. The molecule has 0 bridgehead atoms. The summed E-state index contributed by atoms with van der Waals surface area (Å²) in [5.41, 5.74) is 8.76. The van der Waals surface area contributed by atoms with E-state index >= 15 is 0 Å². The van der Waals surface area contributed by atoms with Crippen molar-refractivity contribution in [2.75, 3.05) is 0 Å². The first-order valence-corrected chi connectivity index (χ1v) is 9.00. The van der Waals surface area contributed by atoms with Gasteiger partial charge in [0.2, 0.25) is 5.91 Å². The molecule has 1 amide bonds.